The molecule has 0 spiro atoms. The van der Waals surface area contributed by atoms with Crippen molar-refractivity contribution in [1.29, 1.82) is 0 Å². The molecule has 0 aliphatic heterocycles. The number of aromatic nitrogens is 1. The highest BCUT2D eigenvalue weighted by Crippen LogP contribution is 2.14. The number of pyridine rings is 1. The van der Waals surface area contributed by atoms with Crippen LogP contribution < -0.4 is 10.6 Å². The number of hydrogen-bond acceptors (Lipinski definition) is 3. The first-order chi connectivity index (χ1) is 13.5. The lowest BCUT2D eigenvalue weighted by molar-refractivity contribution is 0.0950. The second-order valence-electron chi connectivity index (χ2n) is 6.35. The van der Waals surface area contributed by atoms with Crippen molar-refractivity contribution < 1.29 is 9.59 Å². The van der Waals surface area contributed by atoms with Crippen molar-refractivity contribution in [2.75, 3.05) is 0 Å². The molecule has 2 aromatic carbocycles. The summed E-state index contributed by atoms with van der Waals surface area (Å²) in [6, 6.07) is 16.7. The van der Waals surface area contributed by atoms with Gasteiger partial charge in [-0.15, -0.1) is 0 Å². The SMILES string of the molecule is Cc1ccccc1CNC(=O)c1cncc(C(=O)NCc2ccccc2Cl)c1. The van der Waals surface area contributed by atoms with Crippen molar-refractivity contribution in [2.45, 2.75) is 20.0 Å². The summed E-state index contributed by atoms with van der Waals surface area (Å²) in [6.07, 6.45) is 2.87. The molecule has 2 N–H and O–H groups in total. The fourth-order valence-corrected chi connectivity index (χ4v) is 2.90. The van der Waals surface area contributed by atoms with Crippen molar-refractivity contribution >= 4 is 23.4 Å². The summed E-state index contributed by atoms with van der Waals surface area (Å²) in [6.45, 7) is 2.70. The number of rotatable bonds is 6. The fourth-order valence-electron chi connectivity index (χ4n) is 2.69. The van der Waals surface area contributed by atoms with Crippen molar-refractivity contribution in [3.8, 4) is 0 Å². The van der Waals surface area contributed by atoms with Gasteiger partial charge >= 0.3 is 0 Å². The lowest BCUT2D eigenvalue weighted by Crippen LogP contribution is -2.26. The van der Waals surface area contributed by atoms with E-state index in [4.69, 9.17) is 11.6 Å². The molecule has 28 heavy (non-hydrogen) atoms. The van der Waals surface area contributed by atoms with Gasteiger partial charge in [0.15, 0.2) is 0 Å². The van der Waals surface area contributed by atoms with Gasteiger partial charge in [0.1, 0.15) is 0 Å². The Labute approximate surface area is 168 Å². The number of nitrogens with one attached hydrogen (secondary N) is 2. The van der Waals surface area contributed by atoms with Crippen LogP contribution in [-0.2, 0) is 13.1 Å². The van der Waals surface area contributed by atoms with Crippen LogP contribution in [0.5, 0.6) is 0 Å². The molecule has 0 fully saturated rings. The quantitative estimate of drug-likeness (QED) is 0.667. The van der Waals surface area contributed by atoms with Crippen LogP contribution in [0.1, 0.15) is 37.4 Å². The van der Waals surface area contributed by atoms with E-state index < -0.39 is 0 Å². The van der Waals surface area contributed by atoms with Gasteiger partial charge in [0.2, 0.25) is 0 Å². The number of hydrogen-bond donors (Lipinski definition) is 2. The summed E-state index contributed by atoms with van der Waals surface area (Å²) in [4.78, 5) is 28.9. The Bertz CT molecular complexity index is 928. The molecule has 0 bridgehead atoms. The van der Waals surface area contributed by atoms with Gasteiger partial charge in [-0.2, -0.15) is 0 Å². The summed E-state index contributed by atoms with van der Waals surface area (Å²) < 4.78 is 0. The zero-order valence-corrected chi connectivity index (χ0v) is 16.2. The van der Waals surface area contributed by atoms with Gasteiger partial charge in [-0.3, -0.25) is 14.6 Å². The maximum Gasteiger partial charge on any atom is 0.253 e. The van der Waals surface area contributed by atoms with E-state index in [1.165, 1.54) is 18.5 Å². The van der Waals surface area contributed by atoms with Gasteiger partial charge in [-0.05, 0) is 35.7 Å². The van der Waals surface area contributed by atoms with E-state index in [0.717, 1.165) is 16.7 Å². The standard InChI is InChI=1S/C22H20ClN3O2/c1-15-6-2-3-7-16(15)13-25-21(27)18-10-19(12-24-11-18)22(28)26-14-17-8-4-5-9-20(17)23/h2-12H,13-14H2,1H3,(H,25,27)(H,26,28). The number of amides is 2. The molecule has 0 unspecified atom stereocenters. The maximum atomic E-state index is 12.4. The first kappa shape index (κ1) is 19.6. The third-order valence-electron chi connectivity index (χ3n) is 4.36. The first-order valence-electron chi connectivity index (χ1n) is 8.84. The smallest absolute Gasteiger partial charge is 0.253 e. The summed E-state index contributed by atoms with van der Waals surface area (Å²) in [5, 5.41) is 6.24. The molecule has 3 rings (SSSR count). The molecule has 6 heteroatoms. The third-order valence-corrected chi connectivity index (χ3v) is 4.73. The Morgan fingerprint density at radius 2 is 1.39 bits per heavy atom. The minimum Gasteiger partial charge on any atom is -0.348 e. The molecule has 0 saturated carbocycles. The molecular weight excluding hydrogens is 374 g/mol. The molecule has 3 aromatic rings. The minimum atomic E-state index is -0.319. The highest BCUT2D eigenvalue weighted by Gasteiger charge is 2.12. The normalized spacial score (nSPS) is 10.4. The molecule has 1 heterocycles. The van der Waals surface area contributed by atoms with E-state index in [1.54, 1.807) is 6.07 Å². The van der Waals surface area contributed by atoms with E-state index in [1.807, 2.05) is 49.4 Å². The topological polar surface area (TPSA) is 71.1 Å². The number of halogens is 1. The highest BCUT2D eigenvalue weighted by molar-refractivity contribution is 6.31. The van der Waals surface area contributed by atoms with Gasteiger partial charge < -0.3 is 10.6 Å². The van der Waals surface area contributed by atoms with Crippen LogP contribution in [0.3, 0.4) is 0 Å². The Hall–Kier alpha value is -3.18. The van der Waals surface area contributed by atoms with Gasteiger partial charge in [0.05, 0.1) is 11.1 Å². The fraction of sp³-hybridized carbons (Fsp3) is 0.136. The zero-order chi connectivity index (χ0) is 19.9. The van der Waals surface area contributed by atoms with E-state index in [0.29, 0.717) is 29.2 Å². The average molecular weight is 394 g/mol. The van der Waals surface area contributed by atoms with E-state index >= 15 is 0 Å². The summed E-state index contributed by atoms with van der Waals surface area (Å²) in [5.41, 5.74) is 3.61. The van der Waals surface area contributed by atoms with Gasteiger partial charge in [-0.1, -0.05) is 54.1 Å². The lowest BCUT2D eigenvalue weighted by atomic mass is 10.1. The van der Waals surface area contributed by atoms with Crippen LogP contribution in [0.2, 0.25) is 5.02 Å². The largest absolute Gasteiger partial charge is 0.348 e. The number of nitrogens with zero attached hydrogens (tertiary/aromatic N) is 1. The molecule has 2 amide bonds. The van der Waals surface area contributed by atoms with Crippen LogP contribution in [0, 0.1) is 6.92 Å². The molecule has 0 radical (unpaired) electrons. The van der Waals surface area contributed by atoms with Crippen molar-refractivity contribution in [3.63, 3.8) is 0 Å². The van der Waals surface area contributed by atoms with Crippen LogP contribution in [0.15, 0.2) is 67.0 Å². The maximum absolute atomic E-state index is 12.4. The lowest BCUT2D eigenvalue weighted by Gasteiger charge is -2.09. The van der Waals surface area contributed by atoms with Crippen LogP contribution in [-0.4, -0.2) is 16.8 Å². The van der Waals surface area contributed by atoms with Crippen LogP contribution >= 0.6 is 11.6 Å². The predicted molar refractivity (Wildman–Crippen MR) is 109 cm³/mol. The second kappa shape index (κ2) is 9.15. The number of benzene rings is 2. The van der Waals surface area contributed by atoms with Gasteiger partial charge in [-0.25, -0.2) is 0 Å². The summed E-state index contributed by atoms with van der Waals surface area (Å²) >= 11 is 6.10. The Morgan fingerprint density at radius 1 is 0.857 bits per heavy atom. The molecule has 0 atom stereocenters. The monoisotopic (exact) mass is 393 g/mol. The predicted octanol–water partition coefficient (Wildman–Crippen LogP) is 3.90. The second-order valence-corrected chi connectivity index (χ2v) is 6.75. The molecule has 0 aliphatic rings. The summed E-state index contributed by atoms with van der Waals surface area (Å²) in [7, 11) is 0. The van der Waals surface area contributed by atoms with Gasteiger partial charge in [0.25, 0.3) is 11.8 Å². The highest BCUT2D eigenvalue weighted by atomic mass is 35.5. The molecule has 0 saturated heterocycles. The van der Waals surface area contributed by atoms with Crippen molar-refractivity contribution in [3.05, 3.63) is 99.8 Å². The Kier molecular flexibility index (Phi) is 6.40. The zero-order valence-electron chi connectivity index (χ0n) is 15.4. The average Bonchev–Trinajstić information content (AvgIpc) is 2.72. The van der Waals surface area contributed by atoms with E-state index in [-0.39, 0.29) is 11.8 Å². The Morgan fingerprint density at radius 3 is 2.00 bits per heavy atom. The van der Waals surface area contributed by atoms with Gasteiger partial charge in [0, 0.05) is 30.5 Å². The molecule has 5 nitrogen and oxygen atoms in total. The van der Waals surface area contributed by atoms with Crippen LogP contribution in [0.25, 0.3) is 0 Å². The molecular formula is C22H20ClN3O2. The van der Waals surface area contributed by atoms with E-state index in [9.17, 15) is 9.59 Å². The molecule has 0 aliphatic carbocycles. The third kappa shape index (κ3) is 4.96. The Balaban J connectivity index is 1.62. The minimum absolute atomic E-state index is 0.281. The number of carbonyl (C=O) groups excluding carboxylic acids is 2. The number of aryl methyl sites for hydroxylation is 1. The van der Waals surface area contributed by atoms with Crippen molar-refractivity contribution in [2.24, 2.45) is 0 Å². The molecule has 142 valence electrons. The number of carbonyl (C=O) groups is 2. The first-order valence-corrected chi connectivity index (χ1v) is 9.22. The van der Waals surface area contributed by atoms with Crippen LogP contribution in [0.4, 0.5) is 0 Å². The summed E-state index contributed by atoms with van der Waals surface area (Å²) in [5.74, 6) is -0.600. The van der Waals surface area contributed by atoms with E-state index in [2.05, 4.69) is 15.6 Å². The van der Waals surface area contributed by atoms with Crippen molar-refractivity contribution in [1.82, 2.24) is 15.6 Å². The molecule has 1 aromatic heterocycles.